The number of carbonyl (C=O) groups excluding carboxylic acids is 1. The zero-order valence-electron chi connectivity index (χ0n) is 6.39. The van der Waals surface area contributed by atoms with Gasteiger partial charge in [0.1, 0.15) is 0 Å². The molecule has 0 aliphatic rings. The van der Waals surface area contributed by atoms with Crippen LogP contribution < -0.4 is 5.90 Å². The van der Waals surface area contributed by atoms with Crippen LogP contribution >= 0.6 is 0 Å². The molecule has 10 heavy (non-hydrogen) atoms. The first-order valence-electron chi connectivity index (χ1n) is 3.36. The second-order valence-corrected chi connectivity index (χ2v) is 1.90. The monoisotopic (exact) mass is 143 g/mol. The summed E-state index contributed by atoms with van der Waals surface area (Å²) in [5.74, 6) is 4.26. The molecule has 0 unspecified atom stereocenters. The van der Waals surface area contributed by atoms with E-state index in [2.05, 4.69) is 10.7 Å². The third kappa shape index (κ3) is 2.64. The largest absolute Gasteiger partial charge is 0.370 e. The number of carbonyl (C=O) groups is 1. The number of nitrogens with two attached hydrogens (primary N) is 1. The maximum absolute atomic E-state index is 10.7. The Morgan fingerprint density at radius 3 is 2.50 bits per heavy atom. The van der Waals surface area contributed by atoms with E-state index in [0.29, 0.717) is 12.0 Å². The Balaban J connectivity index is 4.06. The van der Waals surface area contributed by atoms with Crippen molar-refractivity contribution in [1.29, 1.82) is 0 Å². The molecule has 0 atom stereocenters. The molecular formula is C7H13NO2. The average molecular weight is 143 g/mol. The highest BCUT2D eigenvalue weighted by molar-refractivity contribution is 5.87. The van der Waals surface area contributed by atoms with Crippen LogP contribution in [0, 0.1) is 0 Å². The predicted molar refractivity (Wildman–Crippen MR) is 38.9 cm³/mol. The fraction of sp³-hybridized carbons (Fsp3) is 0.571. The van der Waals surface area contributed by atoms with Gasteiger partial charge >= 0.3 is 5.97 Å². The molecular weight excluding hydrogens is 130 g/mol. The molecule has 3 nitrogen and oxygen atoms in total. The lowest BCUT2D eigenvalue weighted by atomic mass is 10.2. The molecule has 0 heterocycles. The van der Waals surface area contributed by atoms with Gasteiger partial charge in [-0.3, -0.25) is 0 Å². The Kier molecular flexibility index (Phi) is 4.58. The molecule has 58 valence electrons. The van der Waals surface area contributed by atoms with Crippen molar-refractivity contribution in [2.24, 2.45) is 5.90 Å². The molecule has 0 rings (SSSR count). The first-order valence-corrected chi connectivity index (χ1v) is 3.36. The first-order chi connectivity index (χ1) is 4.76. The average Bonchev–Trinajstić information content (AvgIpc) is 1.99. The zero-order chi connectivity index (χ0) is 7.98. The van der Waals surface area contributed by atoms with Gasteiger partial charge in [0.05, 0.1) is 0 Å². The van der Waals surface area contributed by atoms with E-state index < -0.39 is 5.97 Å². The van der Waals surface area contributed by atoms with Crippen molar-refractivity contribution in [2.45, 2.75) is 26.7 Å². The molecule has 0 saturated carbocycles. The zero-order valence-corrected chi connectivity index (χ0v) is 6.39. The Labute approximate surface area is 60.8 Å². The lowest BCUT2D eigenvalue weighted by Crippen LogP contribution is -2.11. The van der Waals surface area contributed by atoms with Crippen LogP contribution in [0.4, 0.5) is 0 Å². The van der Waals surface area contributed by atoms with Gasteiger partial charge in [-0.15, -0.1) is 0 Å². The molecule has 0 radical (unpaired) electrons. The van der Waals surface area contributed by atoms with Gasteiger partial charge in [-0.05, 0) is 12.8 Å². The van der Waals surface area contributed by atoms with E-state index in [9.17, 15) is 4.79 Å². The first kappa shape index (κ1) is 9.17. The van der Waals surface area contributed by atoms with E-state index in [-0.39, 0.29) is 0 Å². The summed E-state index contributed by atoms with van der Waals surface area (Å²) in [4.78, 5) is 14.8. The van der Waals surface area contributed by atoms with Gasteiger partial charge in [0.15, 0.2) is 0 Å². The van der Waals surface area contributed by atoms with Crippen LogP contribution in [0.25, 0.3) is 0 Å². The molecule has 0 aliphatic carbocycles. The molecule has 0 aromatic rings. The van der Waals surface area contributed by atoms with E-state index in [4.69, 9.17) is 0 Å². The molecule has 3 heteroatoms. The van der Waals surface area contributed by atoms with Crippen molar-refractivity contribution in [2.75, 3.05) is 0 Å². The van der Waals surface area contributed by atoms with E-state index >= 15 is 0 Å². The van der Waals surface area contributed by atoms with Gasteiger partial charge in [-0.1, -0.05) is 19.9 Å². The van der Waals surface area contributed by atoms with Crippen LogP contribution in [0.15, 0.2) is 11.6 Å². The van der Waals surface area contributed by atoms with Gasteiger partial charge in [0.2, 0.25) is 0 Å². The maximum atomic E-state index is 10.7. The Bertz CT molecular complexity index is 141. The van der Waals surface area contributed by atoms with Crippen LogP contribution in [0.2, 0.25) is 0 Å². The highest BCUT2D eigenvalue weighted by Gasteiger charge is 2.05. The third-order valence-corrected chi connectivity index (χ3v) is 1.20. The summed E-state index contributed by atoms with van der Waals surface area (Å²) in [6.07, 6.45) is 3.32. The SMILES string of the molecule is CC/C=C(\CC)C(=O)ON. The van der Waals surface area contributed by atoms with Gasteiger partial charge < -0.3 is 4.84 Å². The summed E-state index contributed by atoms with van der Waals surface area (Å²) in [6.45, 7) is 3.85. The fourth-order valence-corrected chi connectivity index (χ4v) is 0.694. The molecule has 0 aromatic heterocycles. The smallest absolute Gasteiger partial charge is 0.352 e. The van der Waals surface area contributed by atoms with E-state index in [1.54, 1.807) is 0 Å². The van der Waals surface area contributed by atoms with Crippen molar-refractivity contribution in [3.05, 3.63) is 11.6 Å². The summed E-state index contributed by atoms with van der Waals surface area (Å²) >= 11 is 0. The summed E-state index contributed by atoms with van der Waals surface area (Å²) in [5.41, 5.74) is 0.644. The number of allylic oxidation sites excluding steroid dienone is 1. The van der Waals surface area contributed by atoms with Gasteiger partial charge in [-0.2, -0.15) is 5.90 Å². The standard InChI is InChI=1S/C7H13NO2/c1-3-5-6(4-2)7(9)10-8/h5H,3-4,8H2,1-2H3/b6-5+. The second-order valence-electron chi connectivity index (χ2n) is 1.90. The van der Waals surface area contributed by atoms with Crippen LogP contribution in [0.5, 0.6) is 0 Å². The third-order valence-electron chi connectivity index (χ3n) is 1.20. The normalized spacial score (nSPS) is 11.3. The quantitative estimate of drug-likeness (QED) is 0.476. The van der Waals surface area contributed by atoms with E-state index in [1.165, 1.54) is 0 Å². The van der Waals surface area contributed by atoms with Crippen LogP contribution in [-0.4, -0.2) is 5.97 Å². The molecule has 0 aromatic carbocycles. The minimum absolute atomic E-state index is 0.427. The highest BCUT2D eigenvalue weighted by Crippen LogP contribution is 2.02. The number of hydrogen-bond donors (Lipinski definition) is 1. The summed E-state index contributed by atoms with van der Waals surface area (Å²) in [5, 5.41) is 0. The van der Waals surface area contributed by atoms with Gasteiger partial charge in [0, 0.05) is 5.57 Å². The van der Waals surface area contributed by atoms with Gasteiger partial charge in [-0.25, -0.2) is 4.79 Å². The molecule has 0 amide bonds. The van der Waals surface area contributed by atoms with Crippen molar-refractivity contribution in [3.63, 3.8) is 0 Å². The van der Waals surface area contributed by atoms with Crippen LogP contribution in [0.3, 0.4) is 0 Å². The lowest BCUT2D eigenvalue weighted by molar-refractivity contribution is -0.139. The molecule has 0 aliphatic heterocycles. The number of hydrogen-bond acceptors (Lipinski definition) is 3. The predicted octanol–water partition coefficient (Wildman–Crippen LogP) is 1.15. The molecule has 0 saturated heterocycles. The molecule has 0 fully saturated rings. The summed E-state index contributed by atoms with van der Waals surface area (Å²) < 4.78 is 0. The minimum Gasteiger partial charge on any atom is -0.370 e. The Morgan fingerprint density at radius 2 is 2.20 bits per heavy atom. The Morgan fingerprint density at radius 1 is 1.60 bits per heavy atom. The fourth-order valence-electron chi connectivity index (χ4n) is 0.694. The second kappa shape index (κ2) is 4.99. The minimum atomic E-state index is -0.427. The maximum Gasteiger partial charge on any atom is 0.352 e. The highest BCUT2D eigenvalue weighted by atomic mass is 16.7. The topological polar surface area (TPSA) is 52.3 Å². The van der Waals surface area contributed by atoms with E-state index in [1.807, 2.05) is 19.9 Å². The molecule has 2 N–H and O–H groups in total. The van der Waals surface area contributed by atoms with Crippen LogP contribution in [-0.2, 0) is 9.63 Å². The van der Waals surface area contributed by atoms with Crippen molar-refractivity contribution >= 4 is 5.97 Å². The summed E-state index contributed by atoms with van der Waals surface area (Å²) in [7, 11) is 0. The van der Waals surface area contributed by atoms with Crippen molar-refractivity contribution in [1.82, 2.24) is 0 Å². The molecule has 0 spiro atoms. The lowest BCUT2D eigenvalue weighted by Gasteiger charge is -1.98. The van der Waals surface area contributed by atoms with Gasteiger partial charge in [0.25, 0.3) is 0 Å². The van der Waals surface area contributed by atoms with Crippen molar-refractivity contribution in [3.8, 4) is 0 Å². The van der Waals surface area contributed by atoms with Crippen molar-refractivity contribution < 1.29 is 9.63 Å². The summed E-state index contributed by atoms with van der Waals surface area (Å²) in [6, 6.07) is 0. The number of rotatable bonds is 3. The van der Waals surface area contributed by atoms with E-state index in [0.717, 1.165) is 6.42 Å². The van der Waals surface area contributed by atoms with Crippen LogP contribution in [0.1, 0.15) is 26.7 Å². The Hall–Kier alpha value is -0.830. The molecule has 0 bridgehead atoms.